The number of amides is 1. The van der Waals surface area contributed by atoms with Gasteiger partial charge >= 0.3 is 0 Å². The van der Waals surface area contributed by atoms with Crippen molar-refractivity contribution in [1.82, 2.24) is 15.5 Å². The summed E-state index contributed by atoms with van der Waals surface area (Å²) in [5.41, 5.74) is 1.18. The van der Waals surface area contributed by atoms with E-state index >= 15 is 0 Å². The van der Waals surface area contributed by atoms with E-state index in [0.29, 0.717) is 11.9 Å². The highest BCUT2D eigenvalue weighted by Gasteiger charge is 2.11. The molecule has 1 amide bonds. The highest BCUT2D eigenvalue weighted by molar-refractivity contribution is 14.0. The summed E-state index contributed by atoms with van der Waals surface area (Å²) in [5.74, 6) is 1.11. The summed E-state index contributed by atoms with van der Waals surface area (Å²) >= 11 is 1.79. The minimum Gasteiger partial charge on any atom is -0.356 e. The maximum atomic E-state index is 11.9. The first kappa shape index (κ1) is 24.4. The van der Waals surface area contributed by atoms with Crippen LogP contribution in [0.2, 0.25) is 0 Å². The smallest absolute Gasteiger partial charge is 0.243 e. The number of halogens is 1. The lowest BCUT2D eigenvalue weighted by molar-refractivity contribution is -0.127. The molecule has 0 saturated heterocycles. The van der Waals surface area contributed by atoms with Crippen molar-refractivity contribution in [3.05, 3.63) is 58.3 Å². The second kappa shape index (κ2) is 12.8. The van der Waals surface area contributed by atoms with Crippen LogP contribution >= 0.6 is 35.3 Å². The van der Waals surface area contributed by atoms with Crippen molar-refractivity contribution in [3.63, 3.8) is 0 Å². The molecule has 2 atom stereocenters. The van der Waals surface area contributed by atoms with Crippen molar-refractivity contribution in [3.8, 4) is 0 Å². The lowest BCUT2D eigenvalue weighted by Crippen LogP contribution is -2.41. The van der Waals surface area contributed by atoms with Crippen LogP contribution in [-0.2, 0) is 11.2 Å². The summed E-state index contributed by atoms with van der Waals surface area (Å²) in [4.78, 5) is 19.3. The molecule has 1 aromatic heterocycles. The average molecular weight is 514 g/mol. The number of carbonyl (C=O) groups is 1. The average Bonchev–Trinajstić information content (AvgIpc) is 3.17. The Balaban J connectivity index is 0.00000392. The van der Waals surface area contributed by atoms with Crippen LogP contribution in [0.15, 0.2) is 52.8 Å². The van der Waals surface area contributed by atoms with Crippen LogP contribution in [0.5, 0.6) is 0 Å². The molecule has 2 N–H and O–H groups in total. The predicted molar refractivity (Wildman–Crippen MR) is 130 cm³/mol. The zero-order valence-electron chi connectivity index (χ0n) is 17.0. The predicted octanol–water partition coefficient (Wildman–Crippen LogP) is 3.93. The normalized spacial score (nSPS) is 13.2. The molecule has 7 heteroatoms. The van der Waals surface area contributed by atoms with Gasteiger partial charge in [-0.3, -0.25) is 4.79 Å². The third kappa shape index (κ3) is 8.60. The minimum absolute atomic E-state index is 0. The Morgan fingerprint density at radius 3 is 2.46 bits per heavy atom. The van der Waals surface area contributed by atoms with E-state index in [2.05, 4.69) is 59.1 Å². The Labute approximate surface area is 189 Å². The Morgan fingerprint density at radius 2 is 1.86 bits per heavy atom. The number of nitrogens with one attached hydrogen (secondary N) is 2. The third-order valence-electron chi connectivity index (χ3n) is 4.27. The van der Waals surface area contributed by atoms with E-state index in [1.165, 1.54) is 10.4 Å². The fourth-order valence-corrected chi connectivity index (χ4v) is 3.46. The van der Waals surface area contributed by atoms with Gasteiger partial charge in [0.1, 0.15) is 6.54 Å². The third-order valence-corrected chi connectivity index (χ3v) is 5.17. The number of likely N-dealkylation sites (N-methyl/N-ethyl adjacent to an activating group) is 1. The van der Waals surface area contributed by atoms with Crippen LogP contribution in [0.1, 0.15) is 30.3 Å². The molecule has 0 bridgehead atoms. The van der Waals surface area contributed by atoms with Gasteiger partial charge in [-0.05, 0) is 36.3 Å². The molecule has 1 aromatic carbocycles. The largest absolute Gasteiger partial charge is 0.356 e. The maximum Gasteiger partial charge on any atom is 0.243 e. The van der Waals surface area contributed by atoms with Gasteiger partial charge in [0, 0.05) is 25.5 Å². The standard InChI is InChI=1S/C21H30N4OS.HI/c1-16(13-19-11-8-12-27-19)14-22-21(23-15-20(26)25(3)4)24-17(2)18-9-6-5-7-10-18;/h5-12,16-17H,13-15H2,1-4H3,(H2,22,23,24);1H. The molecular formula is C21H31IN4OS. The molecular weight excluding hydrogens is 483 g/mol. The van der Waals surface area contributed by atoms with Crippen molar-refractivity contribution >= 4 is 47.2 Å². The van der Waals surface area contributed by atoms with Crippen LogP contribution < -0.4 is 10.6 Å². The first-order chi connectivity index (χ1) is 13.0. The molecule has 2 aromatic rings. The minimum atomic E-state index is -0.0184. The number of guanidine groups is 1. The number of rotatable bonds is 8. The molecule has 2 unspecified atom stereocenters. The second-order valence-electron chi connectivity index (χ2n) is 7.00. The van der Waals surface area contributed by atoms with E-state index < -0.39 is 0 Å². The van der Waals surface area contributed by atoms with Gasteiger partial charge in [-0.25, -0.2) is 4.99 Å². The molecule has 0 saturated carbocycles. The van der Waals surface area contributed by atoms with E-state index in [0.717, 1.165) is 13.0 Å². The van der Waals surface area contributed by atoms with Gasteiger partial charge in [0.05, 0.1) is 6.04 Å². The Kier molecular flexibility index (Phi) is 11.1. The van der Waals surface area contributed by atoms with Crippen LogP contribution in [0, 0.1) is 5.92 Å². The van der Waals surface area contributed by atoms with E-state index in [4.69, 9.17) is 0 Å². The van der Waals surface area contributed by atoms with Gasteiger partial charge in [-0.1, -0.05) is 43.3 Å². The zero-order chi connectivity index (χ0) is 19.6. The topological polar surface area (TPSA) is 56.7 Å². The molecule has 0 aliphatic carbocycles. The Morgan fingerprint density at radius 1 is 1.14 bits per heavy atom. The van der Waals surface area contributed by atoms with Gasteiger partial charge in [0.2, 0.25) is 5.91 Å². The van der Waals surface area contributed by atoms with Crippen LogP contribution in [-0.4, -0.2) is 44.0 Å². The highest BCUT2D eigenvalue weighted by atomic mass is 127. The highest BCUT2D eigenvalue weighted by Crippen LogP contribution is 2.14. The summed E-state index contributed by atoms with van der Waals surface area (Å²) < 4.78 is 0. The first-order valence-corrected chi connectivity index (χ1v) is 10.2. The maximum absolute atomic E-state index is 11.9. The van der Waals surface area contributed by atoms with Crippen LogP contribution in [0.25, 0.3) is 0 Å². The quantitative estimate of drug-likeness (QED) is 0.319. The number of nitrogens with zero attached hydrogens (tertiary/aromatic N) is 2. The fourth-order valence-electron chi connectivity index (χ4n) is 2.59. The lowest BCUT2D eigenvalue weighted by atomic mass is 10.1. The van der Waals surface area contributed by atoms with Crippen molar-refractivity contribution in [1.29, 1.82) is 0 Å². The fraction of sp³-hybridized carbons (Fsp3) is 0.429. The number of thiophene rings is 1. The van der Waals surface area contributed by atoms with E-state index in [9.17, 15) is 4.79 Å². The van der Waals surface area contributed by atoms with Crippen molar-refractivity contribution in [2.24, 2.45) is 10.9 Å². The molecule has 154 valence electrons. The number of hydrogen-bond donors (Lipinski definition) is 2. The summed E-state index contributed by atoms with van der Waals surface area (Å²) in [6, 6.07) is 14.6. The Bertz CT molecular complexity index is 719. The van der Waals surface area contributed by atoms with Gasteiger partial charge in [0.25, 0.3) is 0 Å². The molecule has 0 spiro atoms. The van der Waals surface area contributed by atoms with Gasteiger partial charge < -0.3 is 15.5 Å². The monoisotopic (exact) mass is 514 g/mol. The molecule has 0 aliphatic rings. The number of carbonyl (C=O) groups excluding carboxylic acids is 1. The molecule has 28 heavy (non-hydrogen) atoms. The van der Waals surface area contributed by atoms with Gasteiger partial charge in [0.15, 0.2) is 5.96 Å². The first-order valence-electron chi connectivity index (χ1n) is 9.28. The molecule has 2 rings (SSSR count). The summed E-state index contributed by atoms with van der Waals surface area (Å²) in [6.07, 6.45) is 1.03. The van der Waals surface area contributed by atoms with Gasteiger partial charge in [-0.2, -0.15) is 0 Å². The molecule has 0 fully saturated rings. The van der Waals surface area contributed by atoms with Crippen molar-refractivity contribution < 1.29 is 4.79 Å². The van der Waals surface area contributed by atoms with E-state index in [-0.39, 0.29) is 42.5 Å². The molecule has 5 nitrogen and oxygen atoms in total. The zero-order valence-corrected chi connectivity index (χ0v) is 20.2. The van der Waals surface area contributed by atoms with Gasteiger partial charge in [-0.15, -0.1) is 35.3 Å². The van der Waals surface area contributed by atoms with Crippen molar-refractivity contribution in [2.45, 2.75) is 26.3 Å². The molecule has 0 radical (unpaired) electrons. The summed E-state index contributed by atoms with van der Waals surface area (Å²) in [7, 11) is 3.49. The van der Waals surface area contributed by atoms with Crippen LogP contribution in [0.4, 0.5) is 0 Å². The summed E-state index contributed by atoms with van der Waals surface area (Å²) in [5, 5.41) is 8.92. The summed E-state index contributed by atoms with van der Waals surface area (Å²) in [6.45, 7) is 5.23. The van der Waals surface area contributed by atoms with Crippen LogP contribution in [0.3, 0.4) is 0 Å². The lowest BCUT2D eigenvalue weighted by Gasteiger charge is -2.20. The molecule has 1 heterocycles. The Hall–Kier alpha value is -1.61. The van der Waals surface area contributed by atoms with E-state index in [1.807, 2.05) is 18.2 Å². The SMILES string of the molecule is CC(CNC(=NCC(=O)N(C)C)NC(C)c1ccccc1)Cc1cccs1.I. The second-order valence-corrected chi connectivity index (χ2v) is 8.03. The number of aliphatic imine (C=N–C) groups is 1. The molecule has 0 aliphatic heterocycles. The number of benzene rings is 1. The van der Waals surface area contributed by atoms with E-state index in [1.54, 1.807) is 30.3 Å². The van der Waals surface area contributed by atoms with Crippen molar-refractivity contribution in [2.75, 3.05) is 27.2 Å². The number of hydrogen-bond acceptors (Lipinski definition) is 3.